The van der Waals surface area contributed by atoms with E-state index in [2.05, 4.69) is 93.7 Å². The third kappa shape index (κ3) is 67.5. The van der Waals surface area contributed by atoms with Crippen molar-refractivity contribution in [3.8, 4) is 0 Å². The van der Waals surface area contributed by atoms with Gasteiger partial charge in [0.1, 0.15) is 13.2 Å². The van der Waals surface area contributed by atoms with Crippen LogP contribution in [0, 0.1) is 0 Å². The van der Waals surface area contributed by atoms with E-state index in [1.807, 2.05) is 0 Å². The van der Waals surface area contributed by atoms with Crippen LogP contribution in [0.15, 0.2) is 72.9 Å². The Morgan fingerprint density at radius 3 is 0.753 bits per heavy atom. The SMILES string of the molecule is CC/C=C\C/C=C\C/C=C\CCCCCCCC(=O)OCC(COC(=O)CCCCCCCCCCCC/C=C\C/C=C\C/C=C\CCCCCCC)OC(=O)CCCCCCCCCCCCCCCCCCCCCCCCC. The molecule has 0 aromatic heterocycles. The average molecular weight is 1130 g/mol. The van der Waals surface area contributed by atoms with Crippen molar-refractivity contribution in [3.63, 3.8) is 0 Å². The minimum Gasteiger partial charge on any atom is -0.462 e. The molecular formula is C75H134O6. The summed E-state index contributed by atoms with van der Waals surface area (Å²) < 4.78 is 17.0. The Hall–Kier alpha value is -3.15. The second-order valence-electron chi connectivity index (χ2n) is 23.8. The number of unbranched alkanes of at least 4 members (excludes halogenated alkanes) is 42. The van der Waals surface area contributed by atoms with Crippen molar-refractivity contribution in [1.29, 1.82) is 0 Å². The molecule has 0 saturated heterocycles. The third-order valence-electron chi connectivity index (χ3n) is 15.7. The number of carbonyl (C=O) groups is 3. The topological polar surface area (TPSA) is 78.9 Å². The van der Waals surface area contributed by atoms with Crippen molar-refractivity contribution in [2.45, 2.75) is 374 Å². The molecule has 0 amide bonds. The highest BCUT2D eigenvalue weighted by molar-refractivity contribution is 5.71. The molecule has 1 unspecified atom stereocenters. The molecule has 0 aliphatic heterocycles. The van der Waals surface area contributed by atoms with Crippen LogP contribution < -0.4 is 0 Å². The van der Waals surface area contributed by atoms with Gasteiger partial charge in [-0.2, -0.15) is 0 Å². The molecule has 0 spiro atoms. The largest absolute Gasteiger partial charge is 0.462 e. The Bertz CT molecular complexity index is 1490. The van der Waals surface area contributed by atoms with E-state index in [0.29, 0.717) is 19.3 Å². The highest BCUT2D eigenvalue weighted by atomic mass is 16.6. The zero-order chi connectivity index (χ0) is 58.5. The van der Waals surface area contributed by atoms with Crippen LogP contribution in [-0.2, 0) is 28.6 Å². The zero-order valence-corrected chi connectivity index (χ0v) is 54.1. The van der Waals surface area contributed by atoms with Gasteiger partial charge in [-0.25, -0.2) is 0 Å². The second kappa shape index (κ2) is 69.3. The fourth-order valence-corrected chi connectivity index (χ4v) is 10.4. The van der Waals surface area contributed by atoms with Gasteiger partial charge in [0.15, 0.2) is 6.10 Å². The van der Waals surface area contributed by atoms with Crippen molar-refractivity contribution >= 4 is 17.9 Å². The van der Waals surface area contributed by atoms with Gasteiger partial charge in [0, 0.05) is 19.3 Å². The van der Waals surface area contributed by atoms with E-state index in [0.717, 1.165) is 109 Å². The molecule has 6 heteroatoms. The second-order valence-corrected chi connectivity index (χ2v) is 23.8. The van der Waals surface area contributed by atoms with E-state index in [1.54, 1.807) is 0 Å². The maximum atomic E-state index is 13.0. The van der Waals surface area contributed by atoms with Crippen LogP contribution in [0.25, 0.3) is 0 Å². The van der Waals surface area contributed by atoms with Gasteiger partial charge in [-0.1, -0.05) is 331 Å². The minimum atomic E-state index is -0.785. The maximum absolute atomic E-state index is 13.0. The van der Waals surface area contributed by atoms with Gasteiger partial charge in [-0.05, 0) is 89.9 Å². The molecular weight excluding hydrogens is 997 g/mol. The summed E-state index contributed by atoms with van der Waals surface area (Å²) in [6, 6.07) is 0. The van der Waals surface area contributed by atoms with Gasteiger partial charge < -0.3 is 14.2 Å². The maximum Gasteiger partial charge on any atom is 0.306 e. The number of allylic oxidation sites excluding steroid dienone is 12. The van der Waals surface area contributed by atoms with Gasteiger partial charge in [-0.15, -0.1) is 0 Å². The molecule has 81 heavy (non-hydrogen) atoms. The first-order valence-electron chi connectivity index (χ1n) is 35.4. The van der Waals surface area contributed by atoms with Crippen LogP contribution in [0.2, 0.25) is 0 Å². The fourth-order valence-electron chi connectivity index (χ4n) is 10.4. The van der Waals surface area contributed by atoms with Gasteiger partial charge in [0.2, 0.25) is 0 Å². The lowest BCUT2D eigenvalue weighted by Gasteiger charge is -2.18. The fraction of sp³-hybridized carbons (Fsp3) is 0.800. The Morgan fingerprint density at radius 2 is 0.481 bits per heavy atom. The minimum absolute atomic E-state index is 0.0800. The van der Waals surface area contributed by atoms with E-state index < -0.39 is 6.10 Å². The van der Waals surface area contributed by atoms with Crippen molar-refractivity contribution in [2.24, 2.45) is 0 Å². The van der Waals surface area contributed by atoms with Crippen LogP contribution >= 0.6 is 0 Å². The highest BCUT2D eigenvalue weighted by Crippen LogP contribution is 2.18. The summed E-state index contributed by atoms with van der Waals surface area (Å²) in [5, 5.41) is 0. The molecule has 0 radical (unpaired) electrons. The molecule has 0 rings (SSSR count). The smallest absolute Gasteiger partial charge is 0.306 e. The summed E-state index contributed by atoms with van der Waals surface area (Å²) in [6.07, 6.45) is 90.7. The van der Waals surface area contributed by atoms with Crippen molar-refractivity contribution in [1.82, 2.24) is 0 Å². The van der Waals surface area contributed by atoms with E-state index in [1.165, 1.54) is 218 Å². The molecule has 1 atom stereocenters. The third-order valence-corrected chi connectivity index (χ3v) is 15.7. The first-order chi connectivity index (χ1) is 40.0. The van der Waals surface area contributed by atoms with E-state index >= 15 is 0 Å². The number of esters is 3. The van der Waals surface area contributed by atoms with Crippen LogP contribution in [0.4, 0.5) is 0 Å². The van der Waals surface area contributed by atoms with Crippen molar-refractivity contribution in [3.05, 3.63) is 72.9 Å². The number of ether oxygens (including phenoxy) is 3. The number of carbonyl (C=O) groups excluding carboxylic acids is 3. The molecule has 6 nitrogen and oxygen atoms in total. The summed E-state index contributed by atoms with van der Waals surface area (Å²) in [4.78, 5) is 38.5. The average Bonchev–Trinajstić information content (AvgIpc) is 3.47. The van der Waals surface area contributed by atoms with Crippen LogP contribution in [-0.4, -0.2) is 37.2 Å². The Balaban J connectivity index is 4.31. The van der Waals surface area contributed by atoms with Crippen LogP contribution in [0.1, 0.15) is 367 Å². The molecule has 0 heterocycles. The number of hydrogen-bond donors (Lipinski definition) is 0. The van der Waals surface area contributed by atoms with Crippen molar-refractivity contribution in [2.75, 3.05) is 13.2 Å². The predicted molar refractivity (Wildman–Crippen MR) is 353 cm³/mol. The molecule has 0 aliphatic carbocycles. The van der Waals surface area contributed by atoms with Crippen LogP contribution in [0.5, 0.6) is 0 Å². The standard InChI is InChI=1S/C75H134O6/c1-4-7-10-13-16-19-22-25-28-30-32-34-36-37-39-40-42-44-47-50-53-56-59-62-65-68-74(77)80-71-72(70-79-73(76)67-64-61-58-55-52-49-46-27-24-21-18-15-12-9-6-3)81-75(78)69-66-63-60-57-54-51-48-45-43-41-38-35-33-31-29-26-23-20-17-14-11-8-5-2/h9,12,18,21-22,25,27,30,32,36-37,46,72H,4-8,10-11,13-17,19-20,23-24,26,28-29,31,33-35,38-45,47-71H2,1-3H3/b12-9-,21-18-,25-22-,32-30-,37-36-,46-27-. The summed E-state index contributed by atoms with van der Waals surface area (Å²) in [7, 11) is 0. The first kappa shape index (κ1) is 77.9. The lowest BCUT2D eigenvalue weighted by molar-refractivity contribution is -0.167. The molecule has 0 N–H and O–H groups in total. The van der Waals surface area contributed by atoms with Crippen LogP contribution in [0.3, 0.4) is 0 Å². The van der Waals surface area contributed by atoms with E-state index in [9.17, 15) is 14.4 Å². The highest BCUT2D eigenvalue weighted by Gasteiger charge is 2.19. The van der Waals surface area contributed by atoms with Gasteiger partial charge in [0.25, 0.3) is 0 Å². The lowest BCUT2D eigenvalue weighted by atomic mass is 10.0. The number of rotatable bonds is 65. The summed E-state index contributed by atoms with van der Waals surface area (Å²) >= 11 is 0. The number of hydrogen-bond acceptors (Lipinski definition) is 6. The Labute approximate surface area is 503 Å². The zero-order valence-electron chi connectivity index (χ0n) is 54.1. The normalized spacial score (nSPS) is 12.5. The Kier molecular flexibility index (Phi) is 66.6. The quantitative estimate of drug-likeness (QED) is 0.0261. The van der Waals surface area contributed by atoms with E-state index in [-0.39, 0.29) is 31.1 Å². The molecule has 0 fully saturated rings. The van der Waals surface area contributed by atoms with Crippen molar-refractivity contribution < 1.29 is 28.6 Å². The summed E-state index contributed by atoms with van der Waals surface area (Å²) in [5.41, 5.74) is 0. The molecule has 470 valence electrons. The molecule has 0 saturated carbocycles. The van der Waals surface area contributed by atoms with E-state index in [4.69, 9.17) is 14.2 Å². The molecule has 0 bridgehead atoms. The Morgan fingerprint density at radius 1 is 0.259 bits per heavy atom. The lowest BCUT2D eigenvalue weighted by Crippen LogP contribution is -2.30. The molecule has 0 aromatic carbocycles. The summed E-state index contributed by atoms with van der Waals surface area (Å²) in [5.74, 6) is -0.879. The first-order valence-corrected chi connectivity index (χ1v) is 35.4. The monoisotopic (exact) mass is 1130 g/mol. The van der Waals surface area contributed by atoms with Gasteiger partial charge in [-0.3, -0.25) is 14.4 Å². The molecule has 0 aromatic rings. The summed E-state index contributed by atoms with van der Waals surface area (Å²) in [6.45, 7) is 6.56. The molecule has 0 aliphatic rings. The van der Waals surface area contributed by atoms with Gasteiger partial charge in [0.05, 0.1) is 0 Å². The predicted octanol–water partition coefficient (Wildman–Crippen LogP) is 24.4. The van der Waals surface area contributed by atoms with Gasteiger partial charge >= 0.3 is 17.9 Å².